The maximum absolute atomic E-state index is 10.9. The number of carbonyl (C=O) groups excluding carboxylic acids is 1. The largest absolute Gasteiger partial charge is 0.466 e. The Morgan fingerprint density at radius 1 is 1.64 bits per heavy atom. The highest BCUT2D eigenvalue weighted by molar-refractivity contribution is 9.26. The third-order valence-corrected chi connectivity index (χ3v) is 4.91. The maximum Gasteiger partial charge on any atom is 0.335 e. The summed E-state index contributed by atoms with van der Waals surface area (Å²) in [5.41, 5.74) is 0.330. The van der Waals surface area contributed by atoms with E-state index >= 15 is 0 Å². The average Bonchev–Trinajstić information content (AvgIpc) is 2.01. The second kappa shape index (κ2) is 4.62. The number of halogens is 3. The van der Waals surface area contributed by atoms with Crippen LogP contribution in [-0.2, 0) is 9.53 Å². The quantitative estimate of drug-likeness (QED) is 0.444. The first-order chi connectivity index (χ1) is 4.95. The molecule has 0 unspecified atom stereocenters. The molecule has 0 saturated heterocycles. The van der Waals surface area contributed by atoms with Gasteiger partial charge in [0.15, 0.2) is 0 Å². The van der Waals surface area contributed by atoms with Gasteiger partial charge in [0, 0.05) is 5.33 Å². The topological polar surface area (TPSA) is 26.3 Å². The first-order valence-electron chi connectivity index (χ1n) is 2.67. The summed E-state index contributed by atoms with van der Waals surface area (Å²) in [6.45, 7) is 3.57. The van der Waals surface area contributed by atoms with E-state index < -0.39 is 9.20 Å². The van der Waals surface area contributed by atoms with Gasteiger partial charge in [0.1, 0.15) is 3.23 Å². The van der Waals surface area contributed by atoms with Gasteiger partial charge in [-0.2, -0.15) is 0 Å². The van der Waals surface area contributed by atoms with E-state index in [-0.39, 0.29) is 0 Å². The minimum atomic E-state index is -0.604. The van der Waals surface area contributed by atoms with Crippen LogP contribution in [0.15, 0.2) is 12.2 Å². The molecule has 0 rings (SSSR count). The Balaban J connectivity index is 4.36. The lowest BCUT2D eigenvalue weighted by molar-refractivity contribution is -0.136. The fourth-order valence-corrected chi connectivity index (χ4v) is 1.02. The molecule has 0 aromatic heterocycles. The molecule has 0 aliphatic heterocycles. The molecule has 5 heteroatoms. The highest BCUT2D eigenvalue weighted by Gasteiger charge is 2.30. The van der Waals surface area contributed by atoms with Crippen molar-refractivity contribution in [1.29, 1.82) is 0 Å². The molecular formula is C6H7Br3O2. The summed E-state index contributed by atoms with van der Waals surface area (Å²) in [5.74, 6) is -0.432. The van der Waals surface area contributed by atoms with Gasteiger partial charge < -0.3 is 4.74 Å². The van der Waals surface area contributed by atoms with E-state index in [0.29, 0.717) is 10.9 Å². The lowest BCUT2D eigenvalue weighted by Crippen LogP contribution is -2.23. The number of hydrogen-bond donors (Lipinski definition) is 0. The molecule has 0 aliphatic carbocycles. The molecular weight excluding hydrogens is 344 g/mol. The first kappa shape index (κ1) is 11.6. The van der Waals surface area contributed by atoms with Gasteiger partial charge in [-0.05, 0) is 0 Å². The molecule has 64 valence electrons. The molecule has 0 fully saturated rings. The summed E-state index contributed by atoms with van der Waals surface area (Å²) in [6.07, 6.45) is 0. The smallest absolute Gasteiger partial charge is 0.335 e. The van der Waals surface area contributed by atoms with E-state index in [0.717, 1.165) is 0 Å². The zero-order valence-corrected chi connectivity index (χ0v) is 10.6. The van der Waals surface area contributed by atoms with Crippen molar-refractivity contribution in [3.05, 3.63) is 12.2 Å². The van der Waals surface area contributed by atoms with Crippen LogP contribution in [0.4, 0.5) is 0 Å². The van der Waals surface area contributed by atoms with E-state index in [2.05, 4.69) is 59.1 Å². The van der Waals surface area contributed by atoms with Gasteiger partial charge in [-0.3, -0.25) is 0 Å². The standard InChI is InChI=1S/C6H7Br3O2/c1-4(5(10)11-2)6(8,9)3-7/h1,3H2,2H3. The minimum absolute atomic E-state index is 0.330. The highest BCUT2D eigenvalue weighted by atomic mass is 79.9. The molecule has 0 amide bonds. The lowest BCUT2D eigenvalue weighted by Gasteiger charge is -2.17. The van der Waals surface area contributed by atoms with Crippen LogP contribution in [0.3, 0.4) is 0 Å². The van der Waals surface area contributed by atoms with Crippen LogP contribution in [0.25, 0.3) is 0 Å². The van der Waals surface area contributed by atoms with Gasteiger partial charge in [-0.1, -0.05) is 54.4 Å². The van der Waals surface area contributed by atoms with Crippen LogP contribution in [0.2, 0.25) is 0 Å². The van der Waals surface area contributed by atoms with Gasteiger partial charge >= 0.3 is 5.97 Å². The van der Waals surface area contributed by atoms with Gasteiger partial charge in [0.25, 0.3) is 0 Å². The van der Waals surface area contributed by atoms with E-state index in [9.17, 15) is 4.79 Å². The third-order valence-electron chi connectivity index (χ3n) is 1.04. The summed E-state index contributed by atoms with van der Waals surface area (Å²) in [4.78, 5) is 10.9. The number of hydrogen-bond acceptors (Lipinski definition) is 2. The number of rotatable bonds is 3. The van der Waals surface area contributed by atoms with E-state index in [1.807, 2.05) is 0 Å². The van der Waals surface area contributed by atoms with Gasteiger partial charge in [0.2, 0.25) is 0 Å². The van der Waals surface area contributed by atoms with Crippen LogP contribution in [0.1, 0.15) is 0 Å². The van der Waals surface area contributed by atoms with Crippen LogP contribution in [0, 0.1) is 0 Å². The van der Waals surface area contributed by atoms with Crippen molar-refractivity contribution >= 4 is 53.8 Å². The third kappa shape index (κ3) is 3.25. The van der Waals surface area contributed by atoms with Gasteiger partial charge in [0.05, 0.1) is 12.7 Å². The minimum Gasteiger partial charge on any atom is -0.466 e. The van der Waals surface area contributed by atoms with Crippen molar-refractivity contribution in [2.24, 2.45) is 0 Å². The second-order valence-corrected chi connectivity index (χ2v) is 6.14. The molecule has 0 spiro atoms. The van der Waals surface area contributed by atoms with Crippen molar-refractivity contribution in [3.63, 3.8) is 0 Å². The van der Waals surface area contributed by atoms with Crippen LogP contribution in [-0.4, -0.2) is 21.6 Å². The van der Waals surface area contributed by atoms with Crippen LogP contribution in [0.5, 0.6) is 0 Å². The molecule has 11 heavy (non-hydrogen) atoms. The molecule has 0 heterocycles. The zero-order valence-electron chi connectivity index (χ0n) is 5.86. The Kier molecular flexibility index (Phi) is 4.89. The average molecular weight is 351 g/mol. The molecule has 2 nitrogen and oxygen atoms in total. The van der Waals surface area contributed by atoms with Crippen molar-refractivity contribution < 1.29 is 9.53 Å². The monoisotopic (exact) mass is 348 g/mol. The predicted molar refractivity (Wildman–Crippen MR) is 55.5 cm³/mol. The Labute approximate surface area is 90.8 Å². The van der Waals surface area contributed by atoms with Crippen LogP contribution < -0.4 is 0 Å². The van der Waals surface area contributed by atoms with Crippen molar-refractivity contribution in [1.82, 2.24) is 0 Å². The molecule has 0 N–H and O–H groups in total. The van der Waals surface area contributed by atoms with E-state index in [1.54, 1.807) is 0 Å². The molecule has 0 radical (unpaired) electrons. The predicted octanol–water partition coefficient (Wildman–Crippen LogP) is 2.60. The number of carbonyl (C=O) groups is 1. The Hall–Kier alpha value is 0.650. The summed E-state index contributed by atoms with van der Waals surface area (Å²) in [5, 5.41) is 0.536. The number of ether oxygens (including phenoxy) is 1. The molecule has 0 saturated carbocycles. The summed E-state index contributed by atoms with van der Waals surface area (Å²) < 4.78 is 3.88. The highest BCUT2D eigenvalue weighted by Crippen LogP contribution is 2.35. The van der Waals surface area contributed by atoms with Crippen molar-refractivity contribution in [2.75, 3.05) is 12.4 Å². The Morgan fingerprint density at radius 3 is 2.36 bits per heavy atom. The fourth-order valence-electron chi connectivity index (χ4n) is 0.353. The first-order valence-corrected chi connectivity index (χ1v) is 5.38. The SMILES string of the molecule is C=C(C(=O)OC)C(Br)(Br)CBr. The number of alkyl halides is 3. The molecule has 0 atom stereocenters. The Bertz CT molecular complexity index is 177. The normalized spacial score (nSPS) is 10.9. The maximum atomic E-state index is 10.9. The van der Waals surface area contributed by atoms with E-state index in [4.69, 9.17) is 0 Å². The zero-order chi connectivity index (χ0) is 9.07. The summed E-state index contributed by atoms with van der Waals surface area (Å²) in [6, 6.07) is 0. The molecule has 0 aromatic carbocycles. The fraction of sp³-hybridized carbons (Fsp3) is 0.500. The van der Waals surface area contributed by atoms with Crippen LogP contribution >= 0.6 is 47.8 Å². The van der Waals surface area contributed by atoms with Crippen molar-refractivity contribution in [2.45, 2.75) is 3.23 Å². The Morgan fingerprint density at radius 2 is 2.09 bits per heavy atom. The van der Waals surface area contributed by atoms with Gasteiger partial charge in [-0.25, -0.2) is 4.79 Å². The molecule has 0 aromatic rings. The number of esters is 1. The summed E-state index contributed by atoms with van der Waals surface area (Å²) in [7, 11) is 1.32. The van der Waals surface area contributed by atoms with Gasteiger partial charge in [-0.15, -0.1) is 0 Å². The molecule has 0 bridgehead atoms. The van der Waals surface area contributed by atoms with E-state index in [1.165, 1.54) is 7.11 Å². The summed E-state index contributed by atoms with van der Waals surface area (Å²) >= 11 is 9.72. The second-order valence-electron chi connectivity index (χ2n) is 1.81. The lowest BCUT2D eigenvalue weighted by atomic mass is 10.2. The number of methoxy groups -OCH3 is 1. The molecule has 0 aliphatic rings. The van der Waals surface area contributed by atoms with Crippen molar-refractivity contribution in [3.8, 4) is 0 Å².